The molecule has 0 unspecified atom stereocenters. The van der Waals surface area contributed by atoms with Crippen LogP contribution < -0.4 is 10.2 Å². The van der Waals surface area contributed by atoms with Crippen molar-refractivity contribution in [2.45, 2.75) is 44.9 Å². The van der Waals surface area contributed by atoms with Gasteiger partial charge in [-0.05, 0) is 30.3 Å². The number of piperazine rings is 1. The van der Waals surface area contributed by atoms with Crippen LogP contribution in [0.2, 0.25) is 18.1 Å². The number of ether oxygens (including phenoxy) is 1. The highest BCUT2D eigenvalue weighted by atomic mass is 28.4. The van der Waals surface area contributed by atoms with E-state index >= 15 is 0 Å². The van der Waals surface area contributed by atoms with E-state index in [1.165, 1.54) is 13.2 Å². The van der Waals surface area contributed by atoms with Gasteiger partial charge in [0.2, 0.25) is 5.95 Å². The minimum absolute atomic E-state index is 0.0122. The summed E-state index contributed by atoms with van der Waals surface area (Å²) in [5.74, 6) is -1.30. The van der Waals surface area contributed by atoms with E-state index in [2.05, 4.69) is 48.9 Å². The lowest BCUT2D eigenvalue weighted by molar-refractivity contribution is 0.0592. The number of halogens is 1. The van der Waals surface area contributed by atoms with Crippen LogP contribution in [0.4, 0.5) is 10.1 Å². The molecule has 1 saturated heterocycles. The van der Waals surface area contributed by atoms with Gasteiger partial charge >= 0.3 is 5.97 Å². The second kappa shape index (κ2) is 8.02. The SMILES string of the molecule is COC(=O)c1ccc(N2CCNC[C@@H]2CO[Si](C)(C)C(C)(C)C)c(F)n1. The van der Waals surface area contributed by atoms with Crippen LogP contribution in [-0.2, 0) is 9.16 Å². The van der Waals surface area contributed by atoms with E-state index in [9.17, 15) is 9.18 Å². The van der Waals surface area contributed by atoms with Gasteiger partial charge in [-0.1, -0.05) is 20.8 Å². The standard InChI is InChI=1S/C18H30FN3O3Si/c1-18(2,3)26(5,6)25-12-13-11-20-9-10-22(13)15-8-7-14(17(23)24-4)21-16(15)19/h7-8,13,20H,9-12H2,1-6H3/t13-/m1/s1. The number of anilines is 1. The summed E-state index contributed by atoms with van der Waals surface area (Å²) in [5.41, 5.74) is 0.362. The van der Waals surface area contributed by atoms with Crippen molar-refractivity contribution in [2.75, 3.05) is 38.3 Å². The van der Waals surface area contributed by atoms with Crippen LogP contribution in [0.3, 0.4) is 0 Å². The summed E-state index contributed by atoms with van der Waals surface area (Å²) in [7, 11) is -0.636. The second-order valence-corrected chi connectivity index (χ2v) is 12.9. The molecule has 0 bridgehead atoms. The lowest BCUT2D eigenvalue weighted by Crippen LogP contribution is -2.55. The highest BCUT2D eigenvalue weighted by Gasteiger charge is 2.38. The van der Waals surface area contributed by atoms with Crippen LogP contribution in [0.15, 0.2) is 12.1 Å². The molecule has 1 aromatic rings. The number of carbonyl (C=O) groups is 1. The maximum atomic E-state index is 14.6. The van der Waals surface area contributed by atoms with E-state index in [0.29, 0.717) is 25.4 Å². The van der Waals surface area contributed by atoms with Crippen molar-refractivity contribution < 1.29 is 18.3 Å². The van der Waals surface area contributed by atoms with Crippen molar-refractivity contribution >= 4 is 20.0 Å². The smallest absolute Gasteiger partial charge is 0.356 e. The minimum atomic E-state index is -1.89. The Morgan fingerprint density at radius 1 is 1.42 bits per heavy atom. The average molecular weight is 384 g/mol. The van der Waals surface area contributed by atoms with Crippen LogP contribution in [0.25, 0.3) is 0 Å². The zero-order valence-electron chi connectivity index (χ0n) is 16.6. The van der Waals surface area contributed by atoms with Crippen LogP contribution >= 0.6 is 0 Å². The van der Waals surface area contributed by atoms with Gasteiger partial charge in [-0.2, -0.15) is 4.39 Å². The molecule has 0 radical (unpaired) electrons. The van der Waals surface area contributed by atoms with E-state index in [4.69, 9.17) is 4.43 Å². The Balaban J connectivity index is 2.17. The third kappa shape index (κ3) is 4.60. The zero-order valence-corrected chi connectivity index (χ0v) is 17.6. The molecule has 1 aliphatic heterocycles. The Kier molecular flexibility index (Phi) is 6.41. The van der Waals surface area contributed by atoms with Crippen LogP contribution in [0.1, 0.15) is 31.3 Å². The third-order valence-electron chi connectivity index (χ3n) is 5.33. The summed E-state index contributed by atoms with van der Waals surface area (Å²) in [4.78, 5) is 17.3. The molecule has 0 aliphatic carbocycles. The topological polar surface area (TPSA) is 63.7 Å². The van der Waals surface area contributed by atoms with E-state index in [-0.39, 0.29) is 16.8 Å². The molecule has 0 saturated carbocycles. The molecule has 1 fully saturated rings. The number of nitrogens with zero attached hydrogens (tertiary/aromatic N) is 2. The van der Waals surface area contributed by atoms with Crippen molar-refractivity contribution in [3.05, 3.63) is 23.8 Å². The summed E-state index contributed by atoms with van der Waals surface area (Å²) >= 11 is 0. The van der Waals surface area contributed by atoms with Gasteiger partial charge in [0.1, 0.15) is 0 Å². The quantitative estimate of drug-likeness (QED) is 0.479. The maximum absolute atomic E-state index is 14.6. The number of aromatic nitrogens is 1. The molecule has 6 nitrogen and oxygen atoms in total. The molecule has 1 atom stereocenters. The van der Waals surface area contributed by atoms with E-state index < -0.39 is 20.2 Å². The van der Waals surface area contributed by atoms with Gasteiger partial charge in [0.05, 0.1) is 25.4 Å². The van der Waals surface area contributed by atoms with Crippen LogP contribution in [0.5, 0.6) is 0 Å². The monoisotopic (exact) mass is 383 g/mol. The molecule has 0 aromatic carbocycles. The Morgan fingerprint density at radius 2 is 2.12 bits per heavy atom. The second-order valence-electron chi connectivity index (χ2n) is 8.12. The van der Waals surface area contributed by atoms with Gasteiger partial charge in [0.15, 0.2) is 14.0 Å². The van der Waals surface area contributed by atoms with Gasteiger partial charge in [-0.15, -0.1) is 0 Å². The fourth-order valence-electron chi connectivity index (χ4n) is 2.61. The van der Waals surface area contributed by atoms with Gasteiger partial charge in [-0.3, -0.25) is 0 Å². The molecular weight excluding hydrogens is 353 g/mol. The minimum Gasteiger partial charge on any atom is -0.464 e. The van der Waals surface area contributed by atoms with Crippen molar-refractivity contribution in [1.29, 1.82) is 0 Å². The van der Waals surface area contributed by atoms with E-state index in [0.717, 1.165) is 6.54 Å². The maximum Gasteiger partial charge on any atom is 0.356 e. The lowest BCUT2D eigenvalue weighted by atomic mass is 10.1. The van der Waals surface area contributed by atoms with Crippen LogP contribution in [0, 0.1) is 5.95 Å². The molecule has 1 aromatic heterocycles. The molecule has 1 aliphatic rings. The number of methoxy groups -OCH3 is 1. The Hall–Kier alpha value is -1.51. The summed E-state index contributed by atoms with van der Waals surface area (Å²) in [6.45, 7) is 13.7. The number of hydrogen-bond donors (Lipinski definition) is 1. The van der Waals surface area contributed by atoms with Gasteiger partial charge < -0.3 is 19.4 Å². The summed E-state index contributed by atoms with van der Waals surface area (Å²) in [6, 6.07) is 3.11. The van der Waals surface area contributed by atoms with E-state index in [1.54, 1.807) is 6.07 Å². The van der Waals surface area contributed by atoms with Gasteiger partial charge in [0.25, 0.3) is 0 Å². The molecule has 0 spiro atoms. The highest BCUT2D eigenvalue weighted by Crippen LogP contribution is 2.37. The zero-order chi connectivity index (χ0) is 19.5. The van der Waals surface area contributed by atoms with Gasteiger partial charge in [-0.25, -0.2) is 9.78 Å². The number of hydrogen-bond acceptors (Lipinski definition) is 6. The first-order valence-corrected chi connectivity index (χ1v) is 11.8. The highest BCUT2D eigenvalue weighted by molar-refractivity contribution is 6.74. The fraction of sp³-hybridized carbons (Fsp3) is 0.667. The molecule has 8 heteroatoms. The Morgan fingerprint density at radius 3 is 2.69 bits per heavy atom. The predicted molar refractivity (Wildman–Crippen MR) is 103 cm³/mol. The van der Waals surface area contributed by atoms with Crippen molar-refractivity contribution in [3.8, 4) is 0 Å². The number of nitrogens with one attached hydrogen (secondary N) is 1. The molecule has 26 heavy (non-hydrogen) atoms. The summed E-state index contributed by atoms with van der Waals surface area (Å²) in [5, 5.41) is 3.46. The number of carbonyl (C=O) groups excluding carboxylic acids is 1. The number of rotatable bonds is 5. The van der Waals surface area contributed by atoms with Crippen molar-refractivity contribution in [2.24, 2.45) is 0 Å². The van der Waals surface area contributed by atoms with Gasteiger partial charge in [0, 0.05) is 19.6 Å². The largest absolute Gasteiger partial charge is 0.464 e. The first kappa shape index (κ1) is 20.8. The molecule has 2 rings (SSSR count). The number of esters is 1. The molecular formula is C18H30FN3O3Si. The molecule has 0 amide bonds. The lowest BCUT2D eigenvalue weighted by Gasteiger charge is -2.42. The Labute approximate surface area is 156 Å². The average Bonchev–Trinajstić information content (AvgIpc) is 2.58. The number of pyridine rings is 1. The van der Waals surface area contributed by atoms with E-state index in [1.807, 2.05) is 4.90 Å². The van der Waals surface area contributed by atoms with Crippen molar-refractivity contribution in [3.63, 3.8) is 0 Å². The predicted octanol–water partition coefficient (Wildman–Crippen LogP) is 2.81. The summed E-state index contributed by atoms with van der Waals surface area (Å²) < 4.78 is 25.5. The molecule has 1 N–H and O–H groups in total. The molecule has 2 heterocycles. The molecule has 146 valence electrons. The fourth-order valence-corrected chi connectivity index (χ4v) is 3.65. The third-order valence-corrected chi connectivity index (χ3v) is 9.83. The first-order chi connectivity index (χ1) is 12.1. The van der Waals surface area contributed by atoms with Crippen molar-refractivity contribution in [1.82, 2.24) is 10.3 Å². The Bertz CT molecular complexity index is 649. The summed E-state index contributed by atoms with van der Waals surface area (Å²) in [6.07, 6.45) is 0. The van der Waals surface area contributed by atoms with Crippen LogP contribution in [-0.4, -0.2) is 58.7 Å². The normalized spacial score (nSPS) is 18.7. The first-order valence-electron chi connectivity index (χ1n) is 8.93.